The predicted octanol–water partition coefficient (Wildman–Crippen LogP) is 0.648. The molecule has 1 aliphatic heterocycles. The summed E-state index contributed by atoms with van der Waals surface area (Å²) in [7, 11) is 5.16. The third-order valence-corrected chi connectivity index (χ3v) is 3.94. The van der Waals surface area contributed by atoms with Crippen LogP contribution < -0.4 is 15.4 Å². The molecule has 2 aliphatic rings. The molecule has 21 heavy (non-hydrogen) atoms. The number of methoxy groups -OCH3 is 2. The van der Waals surface area contributed by atoms with Crippen LogP contribution in [0.5, 0.6) is 5.88 Å². The average Bonchev–Trinajstić information content (AvgIpc) is 3.39. The van der Waals surface area contributed by atoms with Crippen LogP contribution in [0.4, 0.5) is 0 Å². The molecule has 0 saturated heterocycles. The highest BCUT2D eigenvalue weighted by atomic mass is 16.5. The molecule has 1 aromatic heterocycles. The number of nitrogens with one attached hydrogen (secondary N) is 2. The molecule has 3 rings (SSSR count). The van der Waals surface area contributed by atoms with Crippen molar-refractivity contribution in [1.29, 1.82) is 0 Å². The van der Waals surface area contributed by atoms with Crippen LogP contribution in [-0.2, 0) is 4.74 Å². The van der Waals surface area contributed by atoms with Crippen LogP contribution in [0.1, 0.15) is 18.4 Å². The van der Waals surface area contributed by atoms with Crippen molar-refractivity contribution < 1.29 is 9.47 Å². The minimum Gasteiger partial charge on any atom is -0.495 e. The highest BCUT2D eigenvalue weighted by Crippen LogP contribution is 2.43. The second-order valence-corrected chi connectivity index (χ2v) is 5.08. The van der Waals surface area contributed by atoms with Gasteiger partial charge >= 0.3 is 0 Å². The second-order valence-electron chi connectivity index (χ2n) is 5.08. The molecular formula is C14H19N5O2. The molecule has 0 spiro atoms. The molecule has 0 radical (unpaired) electrons. The van der Waals surface area contributed by atoms with Crippen LogP contribution in [0, 0.1) is 5.92 Å². The second kappa shape index (κ2) is 5.33. The van der Waals surface area contributed by atoms with Gasteiger partial charge in [0.05, 0.1) is 26.0 Å². The standard InChI is InChI=1S/C14H19N5O2/c1-15-14(9-4-5-9)11(20-2)7-17-12(19-14)10-6-16-8-18-13(10)21-3/h6-9,15H,4-5H2,1-3H3,(H,17,19). The zero-order chi connectivity index (χ0) is 14.9. The van der Waals surface area contributed by atoms with Gasteiger partial charge in [0.15, 0.2) is 11.4 Å². The number of likely N-dealkylation sites (N-methyl/N-ethyl adjacent to an activating group) is 1. The average molecular weight is 289 g/mol. The van der Waals surface area contributed by atoms with Gasteiger partial charge in [-0.15, -0.1) is 0 Å². The largest absolute Gasteiger partial charge is 0.495 e. The first-order chi connectivity index (χ1) is 10.2. The van der Waals surface area contributed by atoms with Crippen molar-refractivity contribution in [2.24, 2.45) is 10.9 Å². The first-order valence-corrected chi connectivity index (χ1v) is 6.89. The van der Waals surface area contributed by atoms with Gasteiger partial charge in [-0.1, -0.05) is 0 Å². The molecule has 1 aliphatic carbocycles. The number of hydrogen-bond acceptors (Lipinski definition) is 7. The maximum Gasteiger partial charge on any atom is 0.227 e. The van der Waals surface area contributed by atoms with Crippen LogP contribution in [0.3, 0.4) is 0 Å². The molecule has 1 saturated carbocycles. The monoisotopic (exact) mass is 289 g/mol. The minimum absolute atomic E-state index is 0.438. The molecule has 0 bridgehead atoms. The molecule has 7 nitrogen and oxygen atoms in total. The van der Waals surface area contributed by atoms with E-state index in [0.717, 1.165) is 24.2 Å². The van der Waals surface area contributed by atoms with Gasteiger partial charge in [-0.25, -0.2) is 15.0 Å². The van der Waals surface area contributed by atoms with Gasteiger partial charge in [-0.05, 0) is 19.9 Å². The molecule has 1 atom stereocenters. The number of amidine groups is 1. The van der Waals surface area contributed by atoms with Crippen molar-refractivity contribution in [2.45, 2.75) is 18.5 Å². The van der Waals surface area contributed by atoms with E-state index in [1.54, 1.807) is 26.6 Å². The summed E-state index contributed by atoms with van der Waals surface area (Å²) in [5, 5.41) is 6.81. The van der Waals surface area contributed by atoms with Crippen molar-refractivity contribution in [2.75, 3.05) is 21.3 Å². The fourth-order valence-corrected chi connectivity index (χ4v) is 2.71. The van der Waals surface area contributed by atoms with Crippen LogP contribution in [0.25, 0.3) is 0 Å². The van der Waals surface area contributed by atoms with Gasteiger partial charge in [0.25, 0.3) is 0 Å². The zero-order valence-electron chi connectivity index (χ0n) is 12.4. The normalized spacial score (nSPS) is 24.7. The van der Waals surface area contributed by atoms with E-state index in [9.17, 15) is 0 Å². The van der Waals surface area contributed by atoms with Crippen LogP contribution in [-0.4, -0.2) is 42.7 Å². The fourth-order valence-electron chi connectivity index (χ4n) is 2.71. The fraction of sp³-hybridized carbons (Fsp3) is 0.500. The Morgan fingerprint density at radius 1 is 1.33 bits per heavy atom. The Balaban J connectivity index is 2.01. The summed E-state index contributed by atoms with van der Waals surface area (Å²) >= 11 is 0. The van der Waals surface area contributed by atoms with Crippen LogP contribution >= 0.6 is 0 Å². The number of aromatic nitrogens is 2. The summed E-state index contributed by atoms with van der Waals surface area (Å²) < 4.78 is 10.8. The first-order valence-electron chi connectivity index (χ1n) is 6.89. The van der Waals surface area contributed by atoms with Crippen molar-refractivity contribution in [3.8, 4) is 5.88 Å². The van der Waals surface area contributed by atoms with E-state index in [1.807, 2.05) is 7.05 Å². The number of hydrogen-bond donors (Lipinski definition) is 2. The van der Waals surface area contributed by atoms with Crippen molar-refractivity contribution >= 4 is 5.84 Å². The number of ether oxygens (including phenoxy) is 2. The zero-order valence-corrected chi connectivity index (χ0v) is 12.4. The summed E-state index contributed by atoms with van der Waals surface area (Å²) in [5.74, 6) is 2.42. The minimum atomic E-state index is -0.438. The molecule has 112 valence electrons. The lowest BCUT2D eigenvalue weighted by Crippen LogP contribution is -2.62. The van der Waals surface area contributed by atoms with Gasteiger partial charge in [0, 0.05) is 12.1 Å². The summed E-state index contributed by atoms with van der Waals surface area (Å²) in [6, 6.07) is 0. The molecule has 1 unspecified atom stereocenters. The van der Waals surface area contributed by atoms with Gasteiger partial charge in [-0.3, -0.25) is 5.32 Å². The summed E-state index contributed by atoms with van der Waals surface area (Å²) in [5.41, 5.74) is 0.291. The maximum absolute atomic E-state index is 5.51. The van der Waals surface area contributed by atoms with Crippen molar-refractivity contribution in [1.82, 2.24) is 20.6 Å². The van der Waals surface area contributed by atoms with Crippen LogP contribution in [0.15, 0.2) is 29.5 Å². The lowest BCUT2D eigenvalue weighted by molar-refractivity contribution is 0.166. The molecule has 2 N–H and O–H groups in total. The molecule has 0 amide bonds. The Hall–Kier alpha value is -2.15. The summed E-state index contributed by atoms with van der Waals surface area (Å²) in [6.45, 7) is 0. The molecule has 1 aromatic rings. The number of rotatable bonds is 5. The van der Waals surface area contributed by atoms with E-state index in [0.29, 0.717) is 17.6 Å². The van der Waals surface area contributed by atoms with Gasteiger partial charge < -0.3 is 14.8 Å². The summed E-state index contributed by atoms with van der Waals surface area (Å²) in [4.78, 5) is 12.6. The highest BCUT2D eigenvalue weighted by Gasteiger charge is 2.50. The smallest absolute Gasteiger partial charge is 0.227 e. The predicted molar refractivity (Wildman–Crippen MR) is 77.9 cm³/mol. The lowest BCUT2D eigenvalue weighted by Gasteiger charge is -2.38. The van der Waals surface area contributed by atoms with E-state index in [-0.39, 0.29) is 0 Å². The van der Waals surface area contributed by atoms with Crippen molar-refractivity contribution in [3.63, 3.8) is 0 Å². The Bertz CT molecular complexity index is 597. The maximum atomic E-state index is 5.51. The van der Waals surface area contributed by atoms with E-state index in [2.05, 4.69) is 25.6 Å². The topological polar surface area (TPSA) is 80.7 Å². The van der Waals surface area contributed by atoms with E-state index >= 15 is 0 Å². The highest BCUT2D eigenvalue weighted by molar-refractivity contribution is 6.02. The Kier molecular flexibility index (Phi) is 3.50. The lowest BCUT2D eigenvalue weighted by atomic mass is 9.99. The first kappa shape index (κ1) is 13.8. The Morgan fingerprint density at radius 2 is 2.14 bits per heavy atom. The van der Waals surface area contributed by atoms with E-state index < -0.39 is 5.66 Å². The molecule has 2 heterocycles. The van der Waals surface area contributed by atoms with E-state index in [1.165, 1.54) is 6.33 Å². The SMILES string of the molecule is CNC1(C2CC2)NC(c2cncnc2OC)=NC=C1OC. The molecule has 1 fully saturated rings. The molecule has 0 aromatic carbocycles. The van der Waals surface area contributed by atoms with Crippen molar-refractivity contribution in [3.05, 3.63) is 30.0 Å². The molecule has 7 heteroatoms. The number of nitrogens with zero attached hydrogens (tertiary/aromatic N) is 3. The Morgan fingerprint density at radius 3 is 2.76 bits per heavy atom. The third kappa shape index (κ3) is 2.23. The van der Waals surface area contributed by atoms with Gasteiger partial charge in [-0.2, -0.15) is 0 Å². The number of aliphatic imine (C=N–C) groups is 1. The van der Waals surface area contributed by atoms with Crippen LogP contribution in [0.2, 0.25) is 0 Å². The van der Waals surface area contributed by atoms with Gasteiger partial charge in [0.2, 0.25) is 5.88 Å². The Labute approximate surface area is 123 Å². The third-order valence-electron chi connectivity index (χ3n) is 3.94. The van der Waals surface area contributed by atoms with Gasteiger partial charge in [0.1, 0.15) is 12.2 Å². The molecular weight excluding hydrogens is 270 g/mol. The summed E-state index contributed by atoms with van der Waals surface area (Å²) in [6.07, 6.45) is 7.17. The van der Waals surface area contributed by atoms with E-state index in [4.69, 9.17) is 9.47 Å². The quantitative estimate of drug-likeness (QED) is 0.828.